The van der Waals surface area contributed by atoms with Crippen LogP contribution >= 0.6 is 0 Å². The van der Waals surface area contributed by atoms with E-state index in [-0.39, 0.29) is 0 Å². The lowest BCUT2D eigenvalue weighted by molar-refractivity contribution is 0.721. The van der Waals surface area contributed by atoms with Crippen LogP contribution in [-0.2, 0) is 0 Å². The zero-order valence-corrected chi connectivity index (χ0v) is 9.88. The molecular weight excluding hydrogens is 184 g/mol. The predicted molar refractivity (Wildman–Crippen MR) is 67.0 cm³/mol. The van der Waals surface area contributed by atoms with Crippen molar-refractivity contribution in [1.82, 2.24) is 5.32 Å². The second-order valence-corrected chi connectivity index (χ2v) is 3.77. The first-order chi connectivity index (χ1) is 7.19. The van der Waals surface area contributed by atoms with Gasteiger partial charge >= 0.3 is 0 Å². The fourth-order valence-corrected chi connectivity index (χ4v) is 1.60. The Bertz CT molecular complexity index is 321. The van der Waals surface area contributed by atoms with Gasteiger partial charge < -0.3 is 5.32 Å². The molecule has 1 aliphatic rings. The number of rotatable bonds is 3. The minimum atomic E-state index is 0.326. The van der Waals surface area contributed by atoms with Crippen molar-refractivity contribution in [3.05, 3.63) is 36.2 Å². The van der Waals surface area contributed by atoms with Crippen LogP contribution in [0.5, 0.6) is 0 Å². The quantitative estimate of drug-likeness (QED) is 0.750. The summed E-state index contributed by atoms with van der Waals surface area (Å²) in [5, 5.41) is 3.42. The van der Waals surface area contributed by atoms with Crippen LogP contribution in [0.25, 0.3) is 0 Å². The van der Waals surface area contributed by atoms with Crippen LogP contribution in [0, 0.1) is 0 Å². The van der Waals surface area contributed by atoms with Crippen molar-refractivity contribution in [2.45, 2.75) is 39.7 Å². The molecule has 1 rings (SSSR count). The summed E-state index contributed by atoms with van der Waals surface area (Å²) >= 11 is 0. The van der Waals surface area contributed by atoms with E-state index in [2.05, 4.69) is 30.7 Å². The van der Waals surface area contributed by atoms with E-state index in [1.165, 1.54) is 5.71 Å². The third-order valence-corrected chi connectivity index (χ3v) is 2.42. The van der Waals surface area contributed by atoms with E-state index >= 15 is 0 Å². The van der Waals surface area contributed by atoms with Gasteiger partial charge in [-0.15, -0.1) is 0 Å². The van der Waals surface area contributed by atoms with E-state index < -0.39 is 0 Å². The molecule has 0 bridgehead atoms. The Hall–Kier alpha value is -1.31. The van der Waals surface area contributed by atoms with E-state index in [1.807, 2.05) is 25.2 Å². The summed E-state index contributed by atoms with van der Waals surface area (Å²) in [6.45, 7) is 10.3. The van der Waals surface area contributed by atoms with Crippen LogP contribution in [0.2, 0.25) is 0 Å². The van der Waals surface area contributed by atoms with Crippen molar-refractivity contribution < 1.29 is 0 Å². The largest absolute Gasteiger partial charge is 0.376 e. The van der Waals surface area contributed by atoms with E-state index in [1.54, 1.807) is 0 Å². The molecule has 0 fully saturated rings. The number of hydrogen-bond donors (Lipinski definition) is 1. The fourth-order valence-electron chi connectivity index (χ4n) is 1.60. The van der Waals surface area contributed by atoms with Gasteiger partial charge in [0, 0.05) is 5.71 Å². The molecule has 0 saturated carbocycles. The molecule has 0 radical (unpaired) electrons. The molecule has 1 unspecified atom stereocenters. The Morgan fingerprint density at radius 2 is 2.27 bits per heavy atom. The number of allylic oxidation sites excluding steroid dienone is 3. The first kappa shape index (κ1) is 11.8. The molecule has 1 N–H and O–H groups in total. The van der Waals surface area contributed by atoms with Gasteiger partial charge in [-0.3, -0.25) is 4.99 Å². The standard InChI is InChI=1S/C13H20N2/c1-5-7-9-13-11(4)14-12(8-6-2)10(3)15-13/h5,7,9-10,15H,4,6,8H2,1-3H3/b7-5-,13-9+. The van der Waals surface area contributed by atoms with Gasteiger partial charge in [0.1, 0.15) is 0 Å². The monoisotopic (exact) mass is 204 g/mol. The molecule has 82 valence electrons. The molecule has 0 saturated heterocycles. The van der Waals surface area contributed by atoms with Crippen molar-refractivity contribution >= 4 is 5.71 Å². The Labute approximate surface area is 92.5 Å². The highest BCUT2D eigenvalue weighted by Gasteiger charge is 2.17. The summed E-state index contributed by atoms with van der Waals surface area (Å²) in [5.74, 6) is 0. The first-order valence-electron chi connectivity index (χ1n) is 5.55. The SMILES string of the molecule is C=C1N=C(CCC)C(C)N/C1=C/C=C\C. The lowest BCUT2D eigenvalue weighted by Crippen LogP contribution is -2.37. The Kier molecular flexibility index (Phi) is 4.35. The van der Waals surface area contributed by atoms with Crippen molar-refractivity contribution in [3.63, 3.8) is 0 Å². The molecule has 15 heavy (non-hydrogen) atoms. The van der Waals surface area contributed by atoms with E-state index in [0.29, 0.717) is 6.04 Å². The highest BCUT2D eigenvalue weighted by molar-refractivity contribution is 5.91. The highest BCUT2D eigenvalue weighted by atomic mass is 15.0. The van der Waals surface area contributed by atoms with Crippen LogP contribution in [0.1, 0.15) is 33.6 Å². The highest BCUT2D eigenvalue weighted by Crippen LogP contribution is 2.16. The van der Waals surface area contributed by atoms with Crippen LogP contribution in [0.4, 0.5) is 0 Å². The third-order valence-electron chi connectivity index (χ3n) is 2.42. The molecule has 1 atom stereocenters. The lowest BCUT2D eigenvalue weighted by Gasteiger charge is -2.25. The third kappa shape index (κ3) is 3.08. The predicted octanol–water partition coefficient (Wildman–Crippen LogP) is 3.19. The van der Waals surface area contributed by atoms with E-state index in [9.17, 15) is 0 Å². The van der Waals surface area contributed by atoms with Gasteiger partial charge in [0.2, 0.25) is 0 Å². The van der Waals surface area contributed by atoms with Gasteiger partial charge in [-0.05, 0) is 26.3 Å². The maximum Gasteiger partial charge on any atom is 0.0789 e. The lowest BCUT2D eigenvalue weighted by atomic mass is 10.1. The van der Waals surface area contributed by atoms with Crippen LogP contribution in [0.3, 0.4) is 0 Å². The average Bonchev–Trinajstić information content (AvgIpc) is 2.21. The van der Waals surface area contributed by atoms with E-state index in [0.717, 1.165) is 24.2 Å². The molecule has 0 aliphatic carbocycles. The molecule has 0 aromatic heterocycles. The van der Waals surface area contributed by atoms with Gasteiger partial charge in [-0.1, -0.05) is 32.1 Å². The molecule has 0 aromatic rings. The zero-order valence-electron chi connectivity index (χ0n) is 9.88. The van der Waals surface area contributed by atoms with Gasteiger partial charge in [0.25, 0.3) is 0 Å². The van der Waals surface area contributed by atoms with Gasteiger partial charge in [0.15, 0.2) is 0 Å². The van der Waals surface area contributed by atoms with Gasteiger partial charge in [-0.25, -0.2) is 0 Å². The molecule has 0 aromatic carbocycles. The molecular formula is C13H20N2. The number of nitrogens with one attached hydrogen (secondary N) is 1. The normalized spacial score (nSPS) is 24.5. The second kappa shape index (κ2) is 5.54. The maximum atomic E-state index is 4.54. The topological polar surface area (TPSA) is 24.4 Å². The minimum absolute atomic E-state index is 0.326. The van der Waals surface area contributed by atoms with Crippen molar-refractivity contribution in [2.75, 3.05) is 0 Å². The Balaban J connectivity index is 2.84. The van der Waals surface area contributed by atoms with Crippen molar-refractivity contribution in [2.24, 2.45) is 4.99 Å². The smallest absolute Gasteiger partial charge is 0.0789 e. The fraction of sp³-hybridized carbons (Fsp3) is 0.462. The molecule has 2 heteroatoms. The summed E-state index contributed by atoms with van der Waals surface area (Å²) in [6.07, 6.45) is 8.19. The van der Waals surface area contributed by atoms with Crippen molar-refractivity contribution in [3.8, 4) is 0 Å². The zero-order chi connectivity index (χ0) is 11.3. The van der Waals surface area contributed by atoms with Gasteiger partial charge in [0.05, 0.1) is 17.4 Å². The minimum Gasteiger partial charge on any atom is -0.376 e. The summed E-state index contributed by atoms with van der Waals surface area (Å²) in [4.78, 5) is 4.54. The molecule has 1 heterocycles. The first-order valence-corrected chi connectivity index (χ1v) is 5.55. The average molecular weight is 204 g/mol. The van der Waals surface area contributed by atoms with Crippen LogP contribution in [-0.4, -0.2) is 11.8 Å². The molecule has 2 nitrogen and oxygen atoms in total. The van der Waals surface area contributed by atoms with Crippen LogP contribution < -0.4 is 5.32 Å². The number of nitrogens with zero attached hydrogens (tertiary/aromatic N) is 1. The molecule has 0 amide bonds. The summed E-state index contributed by atoms with van der Waals surface area (Å²) in [6, 6.07) is 0.326. The summed E-state index contributed by atoms with van der Waals surface area (Å²) in [7, 11) is 0. The van der Waals surface area contributed by atoms with E-state index in [4.69, 9.17) is 0 Å². The Morgan fingerprint density at radius 1 is 1.53 bits per heavy atom. The second-order valence-electron chi connectivity index (χ2n) is 3.77. The number of aliphatic imine (C=N–C) groups is 1. The van der Waals surface area contributed by atoms with Gasteiger partial charge in [-0.2, -0.15) is 0 Å². The summed E-state index contributed by atoms with van der Waals surface area (Å²) < 4.78 is 0. The van der Waals surface area contributed by atoms with Crippen molar-refractivity contribution in [1.29, 1.82) is 0 Å². The van der Waals surface area contributed by atoms with Crippen LogP contribution in [0.15, 0.2) is 41.2 Å². The summed E-state index contributed by atoms with van der Waals surface area (Å²) in [5.41, 5.74) is 3.08. The maximum absolute atomic E-state index is 4.54. The Morgan fingerprint density at radius 3 is 2.87 bits per heavy atom. The molecule has 0 spiro atoms. The molecule has 1 aliphatic heterocycles. The number of hydrogen-bond acceptors (Lipinski definition) is 2.